The van der Waals surface area contributed by atoms with Gasteiger partial charge in [0.05, 0.1) is 6.54 Å². The minimum Gasteiger partial charge on any atom is -0.368 e. The second-order valence-electron chi connectivity index (χ2n) is 7.36. The molecule has 1 unspecified atom stereocenters. The molecule has 0 radical (unpaired) electrons. The zero-order valence-electron chi connectivity index (χ0n) is 14.0. The molecule has 0 spiro atoms. The number of nitrogens with zero attached hydrogens (tertiary/aromatic N) is 2. The molecule has 0 bridgehead atoms. The first-order chi connectivity index (χ1) is 10.3. The van der Waals surface area contributed by atoms with Crippen molar-refractivity contribution in [3.8, 4) is 0 Å². The molecule has 1 N–H and O–H groups in total. The minimum absolute atomic E-state index is 0.0952. The molecule has 3 heteroatoms. The molecule has 22 heavy (non-hydrogen) atoms. The highest BCUT2D eigenvalue weighted by molar-refractivity contribution is 5.82. The van der Waals surface area contributed by atoms with Crippen LogP contribution in [0.4, 0.5) is 0 Å². The standard InChI is InChI=1S/C19H26N2O/c1-18(2,3)14-20-21-19(4,22)12-11-15-9-10-16-7-5-6-8-17(16)13-15/h5-10,13,22H,11-12,14H2,1-4H3. The van der Waals surface area contributed by atoms with Gasteiger partial charge in [-0.2, -0.15) is 10.2 Å². The summed E-state index contributed by atoms with van der Waals surface area (Å²) >= 11 is 0. The zero-order chi connectivity index (χ0) is 16.2. The fourth-order valence-electron chi connectivity index (χ4n) is 2.23. The van der Waals surface area contributed by atoms with Crippen molar-refractivity contribution in [2.45, 2.75) is 46.3 Å². The van der Waals surface area contributed by atoms with Gasteiger partial charge in [0, 0.05) is 6.42 Å². The lowest BCUT2D eigenvalue weighted by Crippen LogP contribution is -2.22. The van der Waals surface area contributed by atoms with Crippen molar-refractivity contribution in [3.05, 3.63) is 48.0 Å². The van der Waals surface area contributed by atoms with Gasteiger partial charge in [-0.1, -0.05) is 63.2 Å². The summed E-state index contributed by atoms with van der Waals surface area (Å²) in [5.41, 5.74) is 0.208. The van der Waals surface area contributed by atoms with E-state index in [2.05, 4.69) is 61.3 Å². The molecule has 2 aromatic rings. The van der Waals surface area contributed by atoms with Crippen LogP contribution in [-0.4, -0.2) is 17.4 Å². The first-order valence-electron chi connectivity index (χ1n) is 7.84. The van der Waals surface area contributed by atoms with E-state index in [1.54, 1.807) is 6.92 Å². The molecule has 0 heterocycles. The molecule has 2 rings (SSSR count). The highest BCUT2D eigenvalue weighted by atomic mass is 16.3. The van der Waals surface area contributed by atoms with E-state index in [1.165, 1.54) is 16.3 Å². The fraction of sp³-hybridized carbons (Fsp3) is 0.474. The second-order valence-corrected chi connectivity index (χ2v) is 7.36. The average Bonchev–Trinajstić information content (AvgIpc) is 2.43. The first-order valence-corrected chi connectivity index (χ1v) is 7.84. The Morgan fingerprint density at radius 1 is 0.955 bits per heavy atom. The Labute approximate surface area is 133 Å². The molecule has 0 saturated heterocycles. The quantitative estimate of drug-likeness (QED) is 0.777. The lowest BCUT2D eigenvalue weighted by molar-refractivity contribution is 0.0515. The van der Waals surface area contributed by atoms with Crippen molar-refractivity contribution < 1.29 is 5.11 Å². The normalized spacial score (nSPS) is 15.3. The van der Waals surface area contributed by atoms with Gasteiger partial charge in [-0.3, -0.25) is 0 Å². The third kappa shape index (κ3) is 5.23. The Bertz CT molecular complexity index is 654. The molecule has 0 aliphatic rings. The maximum absolute atomic E-state index is 10.3. The number of rotatable bonds is 5. The van der Waals surface area contributed by atoms with Crippen molar-refractivity contribution in [2.24, 2.45) is 15.6 Å². The van der Waals surface area contributed by atoms with Gasteiger partial charge in [0.15, 0.2) is 5.72 Å². The summed E-state index contributed by atoms with van der Waals surface area (Å²) in [6.07, 6.45) is 1.35. The smallest absolute Gasteiger partial charge is 0.173 e. The molecule has 0 aliphatic heterocycles. The number of fused-ring (bicyclic) bond motifs is 1. The lowest BCUT2D eigenvalue weighted by Gasteiger charge is -2.19. The Hall–Kier alpha value is -1.74. The lowest BCUT2D eigenvalue weighted by atomic mass is 9.98. The Balaban J connectivity index is 1.97. The van der Waals surface area contributed by atoms with Gasteiger partial charge in [-0.15, -0.1) is 0 Å². The highest BCUT2D eigenvalue weighted by Gasteiger charge is 2.19. The molecule has 0 aliphatic carbocycles. The average molecular weight is 298 g/mol. The van der Waals surface area contributed by atoms with Crippen molar-refractivity contribution in [1.82, 2.24) is 0 Å². The Morgan fingerprint density at radius 3 is 2.32 bits per heavy atom. The molecular formula is C19H26N2O. The van der Waals surface area contributed by atoms with E-state index in [1.807, 2.05) is 12.1 Å². The topological polar surface area (TPSA) is 45.0 Å². The van der Waals surface area contributed by atoms with Gasteiger partial charge >= 0.3 is 0 Å². The van der Waals surface area contributed by atoms with Crippen LogP contribution in [0.1, 0.15) is 39.7 Å². The molecule has 1 atom stereocenters. The van der Waals surface area contributed by atoms with E-state index in [-0.39, 0.29) is 5.41 Å². The molecule has 3 nitrogen and oxygen atoms in total. The van der Waals surface area contributed by atoms with E-state index in [4.69, 9.17) is 0 Å². The summed E-state index contributed by atoms with van der Waals surface area (Å²) in [5.74, 6) is 0. The third-order valence-electron chi connectivity index (χ3n) is 3.53. The maximum Gasteiger partial charge on any atom is 0.173 e. The van der Waals surface area contributed by atoms with Gasteiger partial charge in [0.2, 0.25) is 0 Å². The summed E-state index contributed by atoms with van der Waals surface area (Å²) in [5, 5.41) is 21.0. The molecule has 0 aromatic heterocycles. The molecule has 0 saturated carbocycles. The third-order valence-corrected chi connectivity index (χ3v) is 3.53. The number of aliphatic hydroxyl groups is 1. The monoisotopic (exact) mass is 298 g/mol. The summed E-state index contributed by atoms with van der Waals surface area (Å²) in [6.45, 7) is 8.67. The minimum atomic E-state index is -1.10. The van der Waals surface area contributed by atoms with Gasteiger partial charge in [0.1, 0.15) is 0 Å². The molecule has 118 valence electrons. The molecule has 0 fully saturated rings. The maximum atomic E-state index is 10.3. The summed E-state index contributed by atoms with van der Waals surface area (Å²) < 4.78 is 0. The number of hydrogen-bond donors (Lipinski definition) is 1. The van der Waals surface area contributed by atoms with Gasteiger partial charge in [-0.25, -0.2) is 0 Å². The van der Waals surface area contributed by atoms with Crippen LogP contribution in [0.15, 0.2) is 52.7 Å². The van der Waals surface area contributed by atoms with Crippen molar-refractivity contribution >= 4 is 10.8 Å². The largest absolute Gasteiger partial charge is 0.368 e. The predicted octanol–water partition coefficient (Wildman–Crippen LogP) is 4.98. The van der Waals surface area contributed by atoms with E-state index in [0.717, 1.165) is 6.42 Å². The molecular weight excluding hydrogens is 272 g/mol. The van der Waals surface area contributed by atoms with Crippen molar-refractivity contribution in [1.29, 1.82) is 0 Å². The van der Waals surface area contributed by atoms with Crippen LogP contribution < -0.4 is 0 Å². The van der Waals surface area contributed by atoms with Crippen LogP contribution >= 0.6 is 0 Å². The van der Waals surface area contributed by atoms with E-state index < -0.39 is 5.72 Å². The second kappa shape index (κ2) is 6.57. The van der Waals surface area contributed by atoms with Crippen molar-refractivity contribution in [2.75, 3.05) is 6.54 Å². The summed E-state index contributed by atoms with van der Waals surface area (Å²) in [7, 11) is 0. The number of aryl methyl sites for hydroxylation is 1. The Kier molecular flexibility index (Phi) is 4.97. The molecule has 0 amide bonds. The number of azo groups is 1. The first kappa shape index (κ1) is 16.6. The van der Waals surface area contributed by atoms with Gasteiger partial charge in [-0.05, 0) is 35.1 Å². The van der Waals surface area contributed by atoms with Crippen LogP contribution in [0.3, 0.4) is 0 Å². The van der Waals surface area contributed by atoms with Gasteiger partial charge < -0.3 is 5.11 Å². The van der Waals surface area contributed by atoms with Gasteiger partial charge in [0.25, 0.3) is 0 Å². The zero-order valence-corrected chi connectivity index (χ0v) is 14.0. The number of hydrogen-bond acceptors (Lipinski definition) is 3. The highest BCUT2D eigenvalue weighted by Crippen LogP contribution is 2.21. The SMILES string of the molecule is CC(C)(C)CN=NC(C)(O)CCc1ccc2ccccc2c1. The Morgan fingerprint density at radius 2 is 1.64 bits per heavy atom. The van der Waals surface area contributed by atoms with Crippen LogP contribution in [-0.2, 0) is 6.42 Å². The van der Waals surface area contributed by atoms with Crippen molar-refractivity contribution in [3.63, 3.8) is 0 Å². The van der Waals surface area contributed by atoms with E-state index in [0.29, 0.717) is 13.0 Å². The van der Waals surface area contributed by atoms with E-state index in [9.17, 15) is 5.11 Å². The van der Waals surface area contributed by atoms with E-state index >= 15 is 0 Å². The van der Waals surface area contributed by atoms with Crippen LogP contribution in [0, 0.1) is 5.41 Å². The predicted molar refractivity (Wildman–Crippen MR) is 92.1 cm³/mol. The summed E-state index contributed by atoms with van der Waals surface area (Å²) in [4.78, 5) is 0. The van der Waals surface area contributed by atoms with Crippen LogP contribution in [0.2, 0.25) is 0 Å². The molecule has 2 aromatic carbocycles. The number of benzene rings is 2. The van der Waals surface area contributed by atoms with Crippen LogP contribution in [0.5, 0.6) is 0 Å². The fourth-order valence-corrected chi connectivity index (χ4v) is 2.23. The van der Waals surface area contributed by atoms with Crippen LogP contribution in [0.25, 0.3) is 10.8 Å². The summed E-state index contributed by atoms with van der Waals surface area (Å²) in [6, 6.07) is 14.7.